The van der Waals surface area contributed by atoms with Gasteiger partial charge in [0.25, 0.3) is 0 Å². The highest BCUT2D eigenvalue weighted by atomic mass is 16.5. The molecule has 1 fully saturated rings. The summed E-state index contributed by atoms with van der Waals surface area (Å²) in [6, 6.07) is 0. The molecule has 1 aliphatic heterocycles. The first-order chi connectivity index (χ1) is 4.68. The molecule has 1 rings (SSSR count). The Morgan fingerprint density at radius 2 is 2.40 bits per heavy atom. The molecule has 0 bridgehead atoms. The smallest absolute Gasteiger partial charge is 0.406 e. The Bertz CT molecular complexity index is 190. The van der Waals surface area contributed by atoms with Crippen molar-refractivity contribution in [3.8, 4) is 12.3 Å². The Labute approximate surface area is 58.2 Å². The molecule has 4 nitrogen and oxygen atoms in total. The van der Waals surface area contributed by atoms with E-state index in [9.17, 15) is 4.79 Å². The molecule has 0 aromatic rings. The molecule has 54 valence electrons. The van der Waals surface area contributed by atoms with E-state index >= 15 is 0 Å². The minimum Gasteiger partial charge on any atom is -0.465 e. The van der Waals surface area contributed by atoms with E-state index in [1.807, 2.05) is 0 Å². The van der Waals surface area contributed by atoms with Crippen LogP contribution in [0, 0.1) is 12.3 Å². The predicted molar refractivity (Wildman–Crippen MR) is 33.5 cm³/mol. The lowest BCUT2D eigenvalue weighted by Gasteiger charge is -2.36. The monoisotopic (exact) mass is 141 g/mol. The van der Waals surface area contributed by atoms with Gasteiger partial charge in [-0.3, -0.25) is 0 Å². The Morgan fingerprint density at radius 1 is 1.80 bits per heavy atom. The van der Waals surface area contributed by atoms with Crippen LogP contribution in [0.5, 0.6) is 0 Å². The zero-order valence-electron chi connectivity index (χ0n) is 5.26. The Kier molecular flexibility index (Phi) is 1.52. The minimum atomic E-state index is -1.11. The van der Waals surface area contributed by atoms with Gasteiger partial charge in [0.05, 0.1) is 13.2 Å². The summed E-state index contributed by atoms with van der Waals surface area (Å²) in [5.41, 5.74) is -0.758. The minimum absolute atomic E-state index is 0.274. The third-order valence-electron chi connectivity index (χ3n) is 1.32. The summed E-state index contributed by atoms with van der Waals surface area (Å²) in [6.07, 6.45) is 3.95. The summed E-state index contributed by atoms with van der Waals surface area (Å²) < 4.78 is 4.76. The fourth-order valence-corrected chi connectivity index (χ4v) is 0.702. The number of carboxylic acid groups (broad SMARTS) is 1. The van der Waals surface area contributed by atoms with Crippen LogP contribution >= 0.6 is 0 Å². The van der Waals surface area contributed by atoms with E-state index in [4.69, 9.17) is 16.3 Å². The lowest BCUT2D eigenvalue weighted by molar-refractivity contribution is -0.0392. The summed E-state index contributed by atoms with van der Waals surface area (Å²) >= 11 is 0. The molecule has 1 heterocycles. The van der Waals surface area contributed by atoms with Crippen LogP contribution in [-0.4, -0.2) is 30.0 Å². The van der Waals surface area contributed by atoms with E-state index in [1.165, 1.54) is 0 Å². The Morgan fingerprint density at radius 3 is 2.50 bits per heavy atom. The summed E-state index contributed by atoms with van der Waals surface area (Å²) in [5.74, 6) is 2.33. The second-order valence-electron chi connectivity index (χ2n) is 2.15. The highest BCUT2D eigenvalue weighted by Crippen LogP contribution is 2.14. The molecule has 0 spiro atoms. The van der Waals surface area contributed by atoms with E-state index in [0.29, 0.717) is 0 Å². The van der Waals surface area contributed by atoms with Gasteiger partial charge in [-0.2, -0.15) is 0 Å². The number of nitrogens with one attached hydrogen (secondary N) is 1. The number of amides is 1. The zero-order chi connectivity index (χ0) is 7.61. The Hall–Kier alpha value is -1.21. The number of carbonyl (C=O) groups is 1. The van der Waals surface area contributed by atoms with Crippen LogP contribution in [0.3, 0.4) is 0 Å². The van der Waals surface area contributed by atoms with E-state index in [1.54, 1.807) is 0 Å². The van der Waals surface area contributed by atoms with Gasteiger partial charge < -0.3 is 15.2 Å². The highest BCUT2D eigenvalue weighted by molar-refractivity contribution is 5.67. The predicted octanol–water partition coefficient (Wildman–Crippen LogP) is -0.344. The quantitative estimate of drug-likeness (QED) is 0.491. The summed E-state index contributed by atoms with van der Waals surface area (Å²) in [7, 11) is 0. The molecular formula is C6H7NO3. The van der Waals surface area contributed by atoms with Crippen LogP contribution in [0.4, 0.5) is 4.79 Å². The Balaban J connectivity index is 2.51. The van der Waals surface area contributed by atoms with Gasteiger partial charge in [0.15, 0.2) is 5.54 Å². The average molecular weight is 141 g/mol. The maximum atomic E-state index is 10.1. The summed E-state index contributed by atoms with van der Waals surface area (Å²) in [6.45, 7) is 0.547. The third-order valence-corrected chi connectivity index (χ3v) is 1.32. The maximum absolute atomic E-state index is 10.1. The number of ether oxygens (including phenoxy) is 1. The third kappa shape index (κ3) is 1.04. The lowest BCUT2D eigenvalue weighted by atomic mass is 9.99. The average Bonchev–Trinajstić information content (AvgIpc) is 1.78. The SMILES string of the molecule is C#CC1(NC(=O)O)COC1. The highest BCUT2D eigenvalue weighted by Gasteiger charge is 2.38. The van der Waals surface area contributed by atoms with Crippen LogP contribution in [0.2, 0.25) is 0 Å². The van der Waals surface area contributed by atoms with Crippen molar-refractivity contribution in [2.75, 3.05) is 13.2 Å². The lowest BCUT2D eigenvalue weighted by Crippen LogP contribution is -2.60. The maximum Gasteiger partial charge on any atom is 0.406 e. The van der Waals surface area contributed by atoms with Crippen LogP contribution < -0.4 is 5.32 Å². The van der Waals surface area contributed by atoms with Gasteiger partial charge in [0.2, 0.25) is 0 Å². The molecule has 0 aromatic heterocycles. The molecule has 0 aliphatic carbocycles. The first-order valence-electron chi connectivity index (χ1n) is 2.75. The molecule has 0 saturated carbocycles. The molecular weight excluding hydrogens is 134 g/mol. The van der Waals surface area contributed by atoms with E-state index < -0.39 is 11.6 Å². The fraction of sp³-hybridized carbons (Fsp3) is 0.500. The van der Waals surface area contributed by atoms with E-state index in [-0.39, 0.29) is 13.2 Å². The number of hydrogen-bond donors (Lipinski definition) is 2. The van der Waals surface area contributed by atoms with Crippen LogP contribution in [0.15, 0.2) is 0 Å². The van der Waals surface area contributed by atoms with Crippen molar-refractivity contribution in [3.63, 3.8) is 0 Å². The molecule has 4 heteroatoms. The van der Waals surface area contributed by atoms with Crippen molar-refractivity contribution in [1.82, 2.24) is 5.32 Å². The van der Waals surface area contributed by atoms with Gasteiger partial charge in [-0.1, -0.05) is 5.92 Å². The summed E-state index contributed by atoms with van der Waals surface area (Å²) in [5, 5.41) is 10.5. The number of hydrogen-bond acceptors (Lipinski definition) is 2. The molecule has 1 saturated heterocycles. The molecule has 0 aromatic carbocycles. The number of rotatable bonds is 1. The van der Waals surface area contributed by atoms with Gasteiger partial charge >= 0.3 is 6.09 Å². The normalized spacial score (nSPS) is 20.3. The van der Waals surface area contributed by atoms with Crippen molar-refractivity contribution in [2.45, 2.75) is 5.54 Å². The first kappa shape index (κ1) is 6.90. The molecule has 2 N–H and O–H groups in total. The van der Waals surface area contributed by atoms with E-state index in [0.717, 1.165) is 0 Å². The zero-order valence-corrected chi connectivity index (χ0v) is 5.26. The van der Waals surface area contributed by atoms with Crippen LogP contribution in [0.1, 0.15) is 0 Å². The second-order valence-corrected chi connectivity index (χ2v) is 2.15. The van der Waals surface area contributed by atoms with Gasteiger partial charge in [-0.25, -0.2) is 4.79 Å². The largest absolute Gasteiger partial charge is 0.465 e. The molecule has 0 unspecified atom stereocenters. The standard InChI is InChI=1S/C6H7NO3/c1-2-6(3-10-4-6)7-5(8)9/h1,7H,3-4H2,(H,8,9). The van der Waals surface area contributed by atoms with E-state index in [2.05, 4.69) is 11.2 Å². The first-order valence-corrected chi connectivity index (χ1v) is 2.75. The van der Waals surface area contributed by atoms with Crippen molar-refractivity contribution in [3.05, 3.63) is 0 Å². The van der Waals surface area contributed by atoms with Gasteiger partial charge in [0.1, 0.15) is 0 Å². The van der Waals surface area contributed by atoms with Gasteiger partial charge in [0, 0.05) is 0 Å². The molecule has 10 heavy (non-hydrogen) atoms. The van der Waals surface area contributed by atoms with Crippen molar-refractivity contribution in [2.24, 2.45) is 0 Å². The van der Waals surface area contributed by atoms with Gasteiger partial charge in [-0.15, -0.1) is 6.42 Å². The molecule has 1 aliphatic rings. The fourth-order valence-electron chi connectivity index (χ4n) is 0.702. The van der Waals surface area contributed by atoms with Crippen LogP contribution in [0.25, 0.3) is 0 Å². The van der Waals surface area contributed by atoms with Crippen LogP contribution in [-0.2, 0) is 4.74 Å². The van der Waals surface area contributed by atoms with Gasteiger partial charge in [-0.05, 0) is 0 Å². The topological polar surface area (TPSA) is 58.6 Å². The summed E-state index contributed by atoms with van der Waals surface area (Å²) in [4.78, 5) is 10.1. The van der Waals surface area contributed by atoms with Crippen molar-refractivity contribution in [1.29, 1.82) is 0 Å². The molecule has 0 atom stereocenters. The second kappa shape index (κ2) is 2.20. The van der Waals surface area contributed by atoms with Crippen molar-refractivity contribution >= 4 is 6.09 Å². The molecule has 0 radical (unpaired) electrons. The van der Waals surface area contributed by atoms with Crippen molar-refractivity contribution < 1.29 is 14.6 Å². The molecule has 1 amide bonds. The number of terminal acetylenes is 1.